The molecule has 0 saturated carbocycles. The van der Waals surface area contributed by atoms with Crippen LogP contribution in [0.4, 0.5) is 5.69 Å². The van der Waals surface area contributed by atoms with Gasteiger partial charge in [-0.1, -0.05) is 6.92 Å². The van der Waals surface area contributed by atoms with Crippen molar-refractivity contribution in [2.24, 2.45) is 0 Å². The van der Waals surface area contributed by atoms with Crippen molar-refractivity contribution in [3.63, 3.8) is 0 Å². The van der Waals surface area contributed by atoms with Crippen LogP contribution in [0.1, 0.15) is 6.92 Å². The molecule has 1 aromatic rings. The van der Waals surface area contributed by atoms with E-state index in [-0.39, 0.29) is 17.1 Å². The van der Waals surface area contributed by atoms with Gasteiger partial charge in [-0.3, -0.25) is 10.1 Å². The molecule has 0 aliphatic carbocycles. The first kappa shape index (κ1) is 14.1. The third-order valence-corrected chi connectivity index (χ3v) is 5.19. The van der Waals surface area contributed by atoms with E-state index >= 15 is 0 Å². The number of benzene rings is 1. The van der Waals surface area contributed by atoms with E-state index in [0.717, 1.165) is 10.4 Å². The van der Waals surface area contributed by atoms with Crippen molar-refractivity contribution >= 4 is 31.6 Å². The van der Waals surface area contributed by atoms with Crippen LogP contribution in [0.5, 0.6) is 0 Å². The minimum absolute atomic E-state index is 0.101. The summed E-state index contributed by atoms with van der Waals surface area (Å²) in [5, 5.41) is 10.6. The normalized spacial score (nSPS) is 11.8. The summed E-state index contributed by atoms with van der Waals surface area (Å²) in [4.78, 5) is 9.88. The second kappa shape index (κ2) is 5.11. The van der Waals surface area contributed by atoms with Gasteiger partial charge >= 0.3 is 0 Å². The number of sulfonamides is 1. The van der Waals surface area contributed by atoms with E-state index in [4.69, 9.17) is 0 Å². The SMILES string of the molecule is CCN(C)S(=O)(=O)c1cc([N+](=O)[O-])ccc1Br. The first-order chi connectivity index (χ1) is 7.80. The largest absolute Gasteiger partial charge is 0.270 e. The molecule has 6 nitrogen and oxygen atoms in total. The molecular formula is C9H11BrN2O4S. The van der Waals surface area contributed by atoms with Crippen molar-refractivity contribution in [3.8, 4) is 0 Å². The van der Waals surface area contributed by atoms with Crippen molar-refractivity contribution in [1.82, 2.24) is 4.31 Å². The molecule has 0 N–H and O–H groups in total. The van der Waals surface area contributed by atoms with Crippen LogP contribution in [0.25, 0.3) is 0 Å². The van der Waals surface area contributed by atoms with Crippen molar-refractivity contribution in [3.05, 3.63) is 32.8 Å². The summed E-state index contributed by atoms with van der Waals surface area (Å²) < 4.78 is 25.5. The first-order valence-corrected chi connectivity index (χ1v) is 6.94. The van der Waals surface area contributed by atoms with Gasteiger partial charge in [0.05, 0.1) is 4.92 Å². The van der Waals surface area contributed by atoms with Crippen LogP contribution in [-0.2, 0) is 10.0 Å². The van der Waals surface area contributed by atoms with Gasteiger partial charge in [-0.05, 0) is 22.0 Å². The lowest BCUT2D eigenvalue weighted by Gasteiger charge is -2.15. The zero-order valence-electron chi connectivity index (χ0n) is 9.25. The fourth-order valence-corrected chi connectivity index (χ4v) is 3.26. The number of halogens is 1. The highest BCUT2D eigenvalue weighted by molar-refractivity contribution is 9.10. The van der Waals surface area contributed by atoms with Gasteiger partial charge in [-0.25, -0.2) is 12.7 Å². The molecule has 17 heavy (non-hydrogen) atoms. The van der Waals surface area contributed by atoms with Gasteiger partial charge in [-0.15, -0.1) is 0 Å². The Morgan fingerprint density at radius 2 is 2.06 bits per heavy atom. The van der Waals surface area contributed by atoms with Gasteiger partial charge in [0.15, 0.2) is 0 Å². The summed E-state index contributed by atoms with van der Waals surface area (Å²) >= 11 is 3.08. The zero-order chi connectivity index (χ0) is 13.2. The van der Waals surface area contributed by atoms with Crippen LogP contribution >= 0.6 is 15.9 Å². The topological polar surface area (TPSA) is 80.5 Å². The van der Waals surface area contributed by atoms with Crippen LogP contribution in [-0.4, -0.2) is 31.2 Å². The summed E-state index contributed by atoms with van der Waals surface area (Å²) in [6.45, 7) is 1.97. The maximum Gasteiger partial charge on any atom is 0.270 e. The Hall–Kier alpha value is -0.990. The molecule has 0 amide bonds. The number of non-ortho nitro benzene ring substituents is 1. The van der Waals surface area contributed by atoms with Gasteiger partial charge in [0.25, 0.3) is 5.69 Å². The molecular weight excluding hydrogens is 312 g/mol. The van der Waals surface area contributed by atoms with E-state index in [2.05, 4.69) is 15.9 Å². The summed E-state index contributed by atoms with van der Waals surface area (Å²) in [7, 11) is -2.28. The highest BCUT2D eigenvalue weighted by atomic mass is 79.9. The maximum absolute atomic E-state index is 12.0. The van der Waals surface area contributed by atoms with Crippen LogP contribution < -0.4 is 0 Å². The Morgan fingerprint density at radius 1 is 1.47 bits per heavy atom. The minimum atomic E-state index is -3.69. The molecule has 0 saturated heterocycles. The Balaban J connectivity index is 3.40. The van der Waals surface area contributed by atoms with Gasteiger partial charge in [0.1, 0.15) is 4.90 Å². The van der Waals surface area contributed by atoms with Gasteiger partial charge in [0, 0.05) is 30.2 Å². The van der Waals surface area contributed by atoms with Gasteiger partial charge < -0.3 is 0 Å². The Bertz CT molecular complexity index is 544. The lowest BCUT2D eigenvalue weighted by Crippen LogP contribution is -2.26. The molecule has 0 aliphatic heterocycles. The monoisotopic (exact) mass is 322 g/mol. The van der Waals surface area contributed by atoms with Crippen LogP contribution in [0.2, 0.25) is 0 Å². The van der Waals surface area contributed by atoms with Crippen LogP contribution in [0.15, 0.2) is 27.6 Å². The molecule has 0 heterocycles. The summed E-state index contributed by atoms with van der Waals surface area (Å²) in [6.07, 6.45) is 0. The van der Waals surface area contributed by atoms with Crippen molar-refractivity contribution < 1.29 is 13.3 Å². The second-order valence-electron chi connectivity index (χ2n) is 3.29. The number of nitro benzene ring substituents is 1. The predicted octanol–water partition coefficient (Wildman–Crippen LogP) is 2.00. The summed E-state index contributed by atoms with van der Waals surface area (Å²) in [5.41, 5.74) is -0.253. The summed E-state index contributed by atoms with van der Waals surface area (Å²) in [6, 6.07) is 3.65. The van der Waals surface area contributed by atoms with Crippen LogP contribution in [0.3, 0.4) is 0 Å². The van der Waals surface area contributed by atoms with Gasteiger partial charge in [0.2, 0.25) is 10.0 Å². The highest BCUT2D eigenvalue weighted by Gasteiger charge is 2.24. The van der Waals surface area contributed by atoms with E-state index in [1.54, 1.807) is 6.92 Å². The number of hydrogen-bond acceptors (Lipinski definition) is 4. The fraction of sp³-hybridized carbons (Fsp3) is 0.333. The fourth-order valence-electron chi connectivity index (χ4n) is 1.14. The molecule has 0 unspecified atom stereocenters. The standard InChI is InChI=1S/C9H11BrN2O4S/c1-3-11(2)17(15,16)9-6-7(12(13)14)4-5-8(9)10/h4-6H,3H2,1-2H3. The Morgan fingerprint density at radius 3 is 2.53 bits per heavy atom. The number of nitro groups is 1. The van der Waals surface area contributed by atoms with E-state index in [1.165, 1.54) is 19.2 Å². The van der Waals surface area contributed by atoms with Crippen molar-refractivity contribution in [1.29, 1.82) is 0 Å². The van der Waals surface area contributed by atoms with Crippen molar-refractivity contribution in [2.45, 2.75) is 11.8 Å². The lowest BCUT2D eigenvalue weighted by atomic mass is 10.3. The molecule has 1 aromatic carbocycles. The smallest absolute Gasteiger partial charge is 0.258 e. The van der Waals surface area contributed by atoms with E-state index in [9.17, 15) is 18.5 Å². The number of rotatable bonds is 4. The zero-order valence-corrected chi connectivity index (χ0v) is 11.7. The Kier molecular flexibility index (Phi) is 4.23. The minimum Gasteiger partial charge on any atom is -0.258 e. The molecule has 94 valence electrons. The molecule has 0 aliphatic rings. The second-order valence-corrected chi connectivity index (χ2v) is 6.16. The number of hydrogen-bond donors (Lipinski definition) is 0. The van der Waals surface area contributed by atoms with Crippen molar-refractivity contribution in [2.75, 3.05) is 13.6 Å². The number of nitrogens with zero attached hydrogens (tertiary/aromatic N) is 2. The molecule has 1 rings (SSSR count). The molecule has 0 fully saturated rings. The first-order valence-electron chi connectivity index (χ1n) is 4.71. The Labute approximate surface area is 108 Å². The summed E-state index contributed by atoms with van der Waals surface area (Å²) in [5.74, 6) is 0. The molecule has 0 atom stereocenters. The average Bonchev–Trinajstić information content (AvgIpc) is 2.27. The third-order valence-electron chi connectivity index (χ3n) is 2.26. The van der Waals surface area contributed by atoms with Crippen LogP contribution in [0, 0.1) is 10.1 Å². The third kappa shape index (κ3) is 2.82. The maximum atomic E-state index is 12.0. The highest BCUT2D eigenvalue weighted by Crippen LogP contribution is 2.28. The van der Waals surface area contributed by atoms with Gasteiger partial charge in [-0.2, -0.15) is 0 Å². The molecule has 0 bridgehead atoms. The predicted molar refractivity (Wildman–Crippen MR) is 66.3 cm³/mol. The van der Waals surface area contributed by atoms with E-state index < -0.39 is 14.9 Å². The molecule has 8 heteroatoms. The van der Waals surface area contributed by atoms with E-state index in [1.807, 2.05) is 0 Å². The van der Waals surface area contributed by atoms with E-state index in [0.29, 0.717) is 4.47 Å². The average molecular weight is 323 g/mol. The lowest BCUT2D eigenvalue weighted by molar-refractivity contribution is -0.385. The molecule has 0 aromatic heterocycles. The molecule has 0 radical (unpaired) electrons. The quantitative estimate of drug-likeness (QED) is 0.627. The molecule has 0 spiro atoms.